The van der Waals surface area contributed by atoms with Crippen LogP contribution >= 0.6 is 0 Å². The topological polar surface area (TPSA) is 79.0 Å². The highest BCUT2D eigenvalue weighted by atomic mass is 16.6. The Bertz CT molecular complexity index is 748. The molecule has 0 aromatic heterocycles. The van der Waals surface area contributed by atoms with Crippen molar-refractivity contribution in [3.05, 3.63) is 29.8 Å². The van der Waals surface area contributed by atoms with Gasteiger partial charge < -0.3 is 19.9 Å². The van der Waals surface area contributed by atoms with E-state index in [4.69, 9.17) is 4.74 Å². The molecule has 0 saturated carbocycles. The molecule has 0 radical (unpaired) electrons. The number of carbonyl (C=O) groups excluding carboxylic acids is 3. The number of benzene rings is 1. The molecular weight excluding hydrogens is 358 g/mol. The predicted octanol–water partition coefficient (Wildman–Crippen LogP) is 2.94. The molecule has 1 N–H and O–H groups in total. The van der Waals surface area contributed by atoms with Crippen LogP contribution < -0.4 is 10.2 Å². The van der Waals surface area contributed by atoms with Crippen molar-refractivity contribution in [3.63, 3.8) is 0 Å². The van der Waals surface area contributed by atoms with E-state index in [1.165, 1.54) is 0 Å². The predicted molar refractivity (Wildman–Crippen MR) is 106 cm³/mol. The number of carbonyl (C=O) groups is 3. The highest BCUT2D eigenvalue weighted by molar-refractivity contribution is 5.99. The molecule has 7 nitrogen and oxygen atoms in total. The smallest absolute Gasteiger partial charge is 0.407 e. The third kappa shape index (κ3) is 5.03. The third-order valence-electron chi connectivity index (χ3n) is 4.98. The summed E-state index contributed by atoms with van der Waals surface area (Å²) in [5.74, 6) is 0.0721. The first kappa shape index (κ1) is 20.2. The number of alkyl carbamates (subject to hydrolysis) is 1. The maximum absolute atomic E-state index is 12.9. The van der Waals surface area contributed by atoms with E-state index < -0.39 is 11.7 Å². The summed E-state index contributed by atoms with van der Waals surface area (Å²) in [6.45, 7) is 7.35. The van der Waals surface area contributed by atoms with Gasteiger partial charge in [-0.25, -0.2) is 4.79 Å². The number of rotatable bonds is 3. The number of amides is 3. The Morgan fingerprint density at radius 3 is 2.46 bits per heavy atom. The Kier molecular flexibility index (Phi) is 5.91. The SMILES string of the molecule is CC(C)(C)OC(=O)NC1CCN(C(=O)c2cccc(N3CCCC3=O)c2)CC1. The molecule has 2 heterocycles. The minimum absolute atomic E-state index is 0.00690. The monoisotopic (exact) mass is 387 g/mol. The molecular formula is C21H29N3O4. The quantitative estimate of drug-likeness (QED) is 0.865. The standard InChI is InChI=1S/C21H29N3O4/c1-21(2,3)28-20(27)22-16-9-12-23(13-10-16)19(26)15-6-4-7-17(14-15)24-11-5-8-18(24)25/h4,6-7,14,16H,5,8-13H2,1-3H3,(H,22,27). The van der Waals surface area contributed by atoms with Crippen LogP contribution in [-0.2, 0) is 9.53 Å². The third-order valence-corrected chi connectivity index (χ3v) is 4.98. The average molecular weight is 387 g/mol. The lowest BCUT2D eigenvalue weighted by molar-refractivity contribution is -0.117. The van der Waals surface area contributed by atoms with E-state index in [0.717, 1.165) is 12.1 Å². The van der Waals surface area contributed by atoms with Gasteiger partial charge in [-0.05, 0) is 58.2 Å². The van der Waals surface area contributed by atoms with Crippen LogP contribution in [0.4, 0.5) is 10.5 Å². The van der Waals surface area contributed by atoms with Gasteiger partial charge in [-0.2, -0.15) is 0 Å². The summed E-state index contributed by atoms with van der Waals surface area (Å²) in [5, 5.41) is 2.88. The molecule has 0 atom stereocenters. The molecule has 2 saturated heterocycles. The summed E-state index contributed by atoms with van der Waals surface area (Å²) in [4.78, 5) is 40.3. The van der Waals surface area contributed by atoms with Crippen molar-refractivity contribution >= 4 is 23.6 Å². The molecule has 2 aliphatic rings. The van der Waals surface area contributed by atoms with Crippen molar-refractivity contribution in [2.75, 3.05) is 24.5 Å². The second-order valence-electron chi connectivity index (χ2n) is 8.41. The molecule has 0 unspecified atom stereocenters. The zero-order valence-corrected chi connectivity index (χ0v) is 16.9. The largest absolute Gasteiger partial charge is 0.444 e. The molecule has 2 aliphatic heterocycles. The summed E-state index contributed by atoms with van der Waals surface area (Å²) >= 11 is 0. The van der Waals surface area contributed by atoms with E-state index in [9.17, 15) is 14.4 Å². The van der Waals surface area contributed by atoms with Crippen LogP contribution in [0.3, 0.4) is 0 Å². The maximum Gasteiger partial charge on any atom is 0.407 e. The van der Waals surface area contributed by atoms with Crippen molar-refractivity contribution in [3.8, 4) is 0 Å². The van der Waals surface area contributed by atoms with Gasteiger partial charge in [-0.3, -0.25) is 9.59 Å². The van der Waals surface area contributed by atoms with Crippen molar-refractivity contribution in [2.45, 2.75) is 58.1 Å². The van der Waals surface area contributed by atoms with Gasteiger partial charge in [0.05, 0.1) is 0 Å². The molecule has 0 aliphatic carbocycles. The van der Waals surface area contributed by atoms with E-state index in [2.05, 4.69) is 5.32 Å². The lowest BCUT2D eigenvalue weighted by Crippen LogP contribution is -2.47. The highest BCUT2D eigenvalue weighted by Crippen LogP contribution is 2.23. The van der Waals surface area contributed by atoms with E-state index in [-0.39, 0.29) is 17.9 Å². The van der Waals surface area contributed by atoms with Gasteiger partial charge in [-0.1, -0.05) is 6.07 Å². The second kappa shape index (κ2) is 8.20. The van der Waals surface area contributed by atoms with Crippen LogP contribution in [0.2, 0.25) is 0 Å². The lowest BCUT2D eigenvalue weighted by atomic mass is 10.0. The fourth-order valence-corrected chi connectivity index (χ4v) is 3.61. The first-order chi connectivity index (χ1) is 13.2. The Morgan fingerprint density at radius 1 is 1.14 bits per heavy atom. The molecule has 0 bridgehead atoms. The molecule has 3 amide bonds. The van der Waals surface area contributed by atoms with Gasteiger partial charge in [-0.15, -0.1) is 0 Å². The molecule has 0 spiro atoms. The van der Waals surface area contributed by atoms with Crippen LogP contribution in [0.1, 0.15) is 56.8 Å². The first-order valence-corrected chi connectivity index (χ1v) is 9.92. The van der Waals surface area contributed by atoms with Crippen LogP contribution in [0.15, 0.2) is 24.3 Å². The van der Waals surface area contributed by atoms with Gasteiger partial charge in [0.1, 0.15) is 5.60 Å². The van der Waals surface area contributed by atoms with Crippen molar-refractivity contribution in [1.82, 2.24) is 10.2 Å². The molecule has 1 aromatic carbocycles. The minimum Gasteiger partial charge on any atom is -0.444 e. The van der Waals surface area contributed by atoms with Gasteiger partial charge in [0, 0.05) is 43.3 Å². The fourth-order valence-electron chi connectivity index (χ4n) is 3.61. The van der Waals surface area contributed by atoms with Gasteiger partial charge in [0.2, 0.25) is 5.91 Å². The summed E-state index contributed by atoms with van der Waals surface area (Å²) in [6.07, 6.45) is 2.39. The number of nitrogens with zero attached hydrogens (tertiary/aromatic N) is 2. The van der Waals surface area contributed by atoms with Gasteiger partial charge in [0.15, 0.2) is 0 Å². The molecule has 2 fully saturated rings. The summed E-state index contributed by atoms with van der Waals surface area (Å²) in [6, 6.07) is 7.29. The van der Waals surface area contributed by atoms with Crippen LogP contribution in [0.25, 0.3) is 0 Å². The molecule has 1 aromatic rings. The number of hydrogen-bond donors (Lipinski definition) is 1. The van der Waals surface area contributed by atoms with Gasteiger partial charge >= 0.3 is 6.09 Å². The van der Waals surface area contributed by atoms with Crippen molar-refractivity contribution in [2.24, 2.45) is 0 Å². The zero-order chi connectivity index (χ0) is 20.3. The number of likely N-dealkylation sites (tertiary alicyclic amines) is 1. The Morgan fingerprint density at radius 2 is 1.86 bits per heavy atom. The number of ether oxygens (including phenoxy) is 1. The normalized spacial score (nSPS) is 18.3. The van der Waals surface area contributed by atoms with Crippen molar-refractivity contribution in [1.29, 1.82) is 0 Å². The van der Waals surface area contributed by atoms with Crippen molar-refractivity contribution < 1.29 is 19.1 Å². The van der Waals surface area contributed by atoms with Crippen LogP contribution in [-0.4, -0.2) is 54.1 Å². The minimum atomic E-state index is -0.525. The van der Waals surface area contributed by atoms with Crippen LogP contribution in [0, 0.1) is 0 Å². The number of nitrogens with one attached hydrogen (secondary N) is 1. The Labute approximate surface area is 166 Å². The number of hydrogen-bond acceptors (Lipinski definition) is 4. The zero-order valence-electron chi connectivity index (χ0n) is 16.9. The molecule has 152 valence electrons. The molecule has 7 heteroatoms. The van der Waals surface area contributed by atoms with E-state index in [0.29, 0.717) is 44.5 Å². The fraction of sp³-hybridized carbons (Fsp3) is 0.571. The highest BCUT2D eigenvalue weighted by Gasteiger charge is 2.27. The first-order valence-electron chi connectivity index (χ1n) is 9.92. The number of anilines is 1. The van der Waals surface area contributed by atoms with Crippen LogP contribution in [0.5, 0.6) is 0 Å². The lowest BCUT2D eigenvalue weighted by Gasteiger charge is -2.33. The maximum atomic E-state index is 12.9. The van der Waals surface area contributed by atoms with E-state index in [1.807, 2.05) is 32.9 Å². The summed E-state index contributed by atoms with van der Waals surface area (Å²) < 4.78 is 5.29. The van der Waals surface area contributed by atoms with Gasteiger partial charge in [0.25, 0.3) is 5.91 Å². The summed E-state index contributed by atoms with van der Waals surface area (Å²) in [5.41, 5.74) is 0.855. The second-order valence-corrected chi connectivity index (χ2v) is 8.41. The van der Waals surface area contributed by atoms with E-state index in [1.54, 1.807) is 21.9 Å². The molecule has 28 heavy (non-hydrogen) atoms. The Balaban J connectivity index is 1.55. The van der Waals surface area contributed by atoms with E-state index >= 15 is 0 Å². The Hall–Kier alpha value is -2.57. The number of piperidine rings is 1. The average Bonchev–Trinajstić information content (AvgIpc) is 3.06. The molecule has 3 rings (SSSR count). The summed E-state index contributed by atoms with van der Waals surface area (Å²) in [7, 11) is 0.